The molecule has 0 bridgehead atoms. The first-order valence-corrected chi connectivity index (χ1v) is 13.3. The Morgan fingerprint density at radius 2 is 1.89 bits per heavy atom. The van der Waals surface area contributed by atoms with Crippen LogP contribution in [0.5, 0.6) is 0 Å². The predicted molar refractivity (Wildman–Crippen MR) is 128 cm³/mol. The summed E-state index contributed by atoms with van der Waals surface area (Å²) >= 11 is 0. The number of nitrogens with zero attached hydrogens (tertiary/aromatic N) is 3. The van der Waals surface area contributed by atoms with Gasteiger partial charge in [0.25, 0.3) is 0 Å². The van der Waals surface area contributed by atoms with Crippen LogP contribution in [0, 0.1) is 18.7 Å². The van der Waals surface area contributed by atoms with Crippen LogP contribution in [-0.2, 0) is 19.6 Å². The average Bonchev–Trinajstić information content (AvgIpc) is 3.25. The standard InChI is InChI=1S/C24H31FN4O5S/c1-18-23(22(34-27-18)7-6-19-4-2-3-5-21(19)25)35(31,32)29-11-8-20(9-12-29)24(30)26-10-13-28-14-16-33-17-15-28/h2-7,20H,8-17H2,1H3,(H,26,30). The highest BCUT2D eigenvalue weighted by molar-refractivity contribution is 7.89. The molecule has 0 unspecified atom stereocenters. The minimum atomic E-state index is -3.89. The van der Waals surface area contributed by atoms with Gasteiger partial charge in [0.15, 0.2) is 10.7 Å². The molecule has 2 aromatic rings. The molecule has 0 radical (unpaired) electrons. The molecule has 0 spiro atoms. The van der Waals surface area contributed by atoms with Gasteiger partial charge in [0.05, 0.1) is 13.2 Å². The summed E-state index contributed by atoms with van der Waals surface area (Å²) in [6, 6.07) is 6.18. The van der Waals surface area contributed by atoms with Gasteiger partial charge in [0.1, 0.15) is 11.5 Å². The number of aryl methyl sites for hydroxylation is 1. The molecule has 1 aromatic heterocycles. The number of ether oxygens (including phenoxy) is 1. The predicted octanol–water partition coefficient (Wildman–Crippen LogP) is 2.14. The molecule has 1 N–H and O–H groups in total. The van der Waals surface area contributed by atoms with E-state index in [2.05, 4.69) is 15.4 Å². The number of sulfonamides is 1. The van der Waals surface area contributed by atoms with Crippen molar-refractivity contribution in [3.05, 3.63) is 47.1 Å². The number of piperidine rings is 1. The third kappa shape index (κ3) is 6.16. The van der Waals surface area contributed by atoms with Crippen molar-refractivity contribution in [2.75, 3.05) is 52.5 Å². The van der Waals surface area contributed by atoms with Crippen molar-refractivity contribution < 1.29 is 26.9 Å². The monoisotopic (exact) mass is 506 g/mol. The lowest BCUT2D eigenvalue weighted by atomic mass is 9.97. The third-order valence-electron chi connectivity index (χ3n) is 6.41. The summed E-state index contributed by atoms with van der Waals surface area (Å²) in [6.07, 6.45) is 3.75. The topological polar surface area (TPSA) is 105 Å². The van der Waals surface area contributed by atoms with E-state index in [4.69, 9.17) is 9.26 Å². The van der Waals surface area contributed by atoms with Crippen molar-refractivity contribution in [2.24, 2.45) is 5.92 Å². The van der Waals surface area contributed by atoms with E-state index < -0.39 is 15.8 Å². The quantitative estimate of drug-likeness (QED) is 0.585. The molecule has 2 aliphatic rings. The summed E-state index contributed by atoms with van der Waals surface area (Å²) in [5.41, 5.74) is 0.548. The van der Waals surface area contributed by atoms with Gasteiger partial charge in [-0.05, 0) is 38.0 Å². The van der Waals surface area contributed by atoms with E-state index >= 15 is 0 Å². The molecule has 2 aliphatic heterocycles. The number of carbonyl (C=O) groups excluding carboxylic acids is 1. The number of hydrogen-bond donors (Lipinski definition) is 1. The Hall–Kier alpha value is -2.60. The van der Waals surface area contributed by atoms with Crippen LogP contribution in [0.25, 0.3) is 12.2 Å². The Balaban J connectivity index is 1.35. The molecule has 11 heteroatoms. The number of carbonyl (C=O) groups is 1. The fraction of sp³-hybridized carbons (Fsp3) is 0.500. The number of benzene rings is 1. The van der Waals surface area contributed by atoms with Gasteiger partial charge in [-0.3, -0.25) is 9.69 Å². The van der Waals surface area contributed by atoms with Crippen LogP contribution in [-0.4, -0.2) is 81.2 Å². The fourth-order valence-corrected chi connectivity index (χ4v) is 6.09. The number of nitrogens with one attached hydrogen (secondary N) is 1. The number of morpholine rings is 1. The normalized spacial score (nSPS) is 18.8. The molecule has 2 fully saturated rings. The first kappa shape index (κ1) is 25.5. The van der Waals surface area contributed by atoms with E-state index in [0.717, 1.165) is 19.6 Å². The molecule has 2 saturated heterocycles. The van der Waals surface area contributed by atoms with Gasteiger partial charge in [-0.1, -0.05) is 23.4 Å². The molecular formula is C24H31FN4O5S. The second kappa shape index (κ2) is 11.4. The zero-order chi connectivity index (χ0) is 24.8. The maximum atomic E-state index is 13.9. The largest absolute Gasteiger partial charge is 0.379 e. The summed E-state index contributed by atoms with van der Waals surface area (Å²) in [5.74, 6) is -0.636. The molecule has 0 atom stereocenters. The lowest BCUT2D eigenvalue weighted by Crippen LogP contribution is -2.45. The van der Waals surface area contributed by atoms with Crippen LogP contribution in [0.2, 0.25) is 0 Å². The number of rotatable bonds is 8. The van der Waals surface area contributed by atoms with Crippen molar-refractivity contribution in [3.63, 3.8) is 0 Å². The molecule has 190 valence electrons. The zero-order valence-corrected chi connectivity index (χ0v) is 20.6. The molecule has 3 heterocycles. The maximum Gasteiger partial charge on any atom is 0.248 e. The third-order valence-corrected chi connectivity index (χ3v) is 8.46. The van der Waals surface area contributed by atoms with E-state index in [0.29, 0.717) is 38.2 Å². The van der Waals surface area contributed by atoms with Crippen LogP contribution < -0.4 is 5.32 Å². The Morgan fingerprint density at radius 1 is 1.17 bits per heavy atom. The Labute approximate surface area is 204 Å². The second-order valence-electron chi connectivity index (χ2n) is 8.74. The molecular weight excluding hydrogens is 475 g/mol. The molecule has 4 rings (SSSR count). The van der Waals surface area contributed by atoms with Gasteiger partial charge >= 0.3 is 0 Å². The Bertz CT molecular complexity index is 1150. The van der Waals surface area contributed by atoms with Gasteiger partial charge in [-0.25, -0.2) is 12.8 Å². The molecule has 1 aromatic carbocycles. The van der Waals surface area contributed by atoms with Gasteiger partial charge in [-0.15, -0.1) is 0 Å². The van der Waals surface area contributed by atoms with Crippen molar-refractivity contribution in [1.82, 2.24) is 19.7 Å². The first-order chi connectivity index (χ1) is 16.9. The minimum absolute atomic E-state index is 0.0292. The highest BCUT2D eigenvalue weighted by Gasteiger charge is 2.35. The summed E-state index contributed by atoms with van der Waals surface area (Å²) in [4.78, 5) is 14.8. The average molecular weight is 507 g/mol. The molecule has 9 nitrogen and oxygen atoms in total. The summed E-state index contributed by atoms with van der Waals surface area (Å²) in [5, 5.41) is 6.81. The van der Waals surface area contributed by atoms with E-state index in [9.17, 15) is 17.6 Å². The smallest absolute Gasteiger partial charge is 0.248 e. The summed E-state index contributed by atoms with van der Waals surface area (Å²) < 4.78 is 52.7. The fourth-order valence-electron chi connectivity index (χ4n) is 4.37. The molecule has 35 heavy (non-hydrogen) atoms. The second-order valence-corrected chi connectivity index (χ2v) is 10.6. The van der Waals surface area contributed by atoms with Gasteiger partial charge in [0.2, 0.25) is 15.9 Å². The van der Waals surface area contributed by atoms with Gasteiger partial charge in [0, 0.05) is 50.7 Å². The highest BCUT2D eigenvalue weighted by Crippen LogP contribution is 2.29. The molecule has 1 amide bonds. The van der Waals surface area contributed by atoms with E-state index in [-0.39, 0.29) is 41.3 Å². The van der Waals surface area contributed by atoms with Crippen molar-refractivity contribution in [3.8, 4) is 0 Å². The Morgan fingerprint density at radius 3 is 2.60 bits per heavy atom. The van der Waals surface area contributed by atoms with Gasteiger partial charge in [-0.2, -0.15) is 4.31 Å². The van der Waals surface area contributed by atoms with Crippen LogP contribution in [0.4, 0.5) is 4.39 Å². The zero-order valence-electron chi connectivity index (χ0n) is 19.8. The lowest BCUT2D eigenvalue weighted by Gasteiger charge is -2.31. The summed E-state index contributed by atoms with van der Waals surface area (Å²) in [6.45, 7) is 6.52. The Kier molecular flexibility index (Phi) is 8.32. The van der Waals surface area contributed by atoms with Crippen molar-refractivity contribution in [2.45, 2.75) is 24.7 Å². The summed E-state index contributed by atoms with van der Waals surface area (Å²) in [7, 11) is -3.89. The van der Waals surface area contributed by atoms with E-state index in [1.54, 1.807) is 25.1 Å². The first-order valence-electron chi connectivity index (χ1n) is 11.8. The number of amides is 1. The van der Waals surface area contributed by atoms with Crippen LogP contribution in [0.1, 0.15) is 29.9 Å². The van der Waals surface area contributed by atoms with Crippen molar-refractivity contribution in [1.29, 1.82) is 0 Å². The number of aromatic nitrogens is 1. The van der Waals surface area contributed by atoms with E-state index in [1.165, 1.54) is 22.5 Å². The molecule has 0 aliphatic carbocycles. The lowest BCUT2D eigenvalue weighted by molar-refractivity contribution is -0.126. The highest BCUT2D eigenvalue weighted by atomic mass is 32.2. The minimum Gasteiger partial charge on any atom is -0.379 e. The van der Waals surface area contributed by atoms with E-state index in [1.807, 2.05) is 0 Å². The maximum absolute atomic E-state index is 13.9. The van der Waals surface area contributed by atoms with Crippen LogP contribution in [0.15, 0.2) is 33.7 Å². The number of halogens is 1. The van der Waals surface area contributed by atoms with Crippen LogP contribution >= 0.6 is 0 Å². The van der Waals surface area contributed by atoms with Crippen molar-refractivity contribution >= 4 is 28.1 Å². The SMILES string of the molecule is Cc1noc(C=Cc2ccccc2F)c1S(=O)(=O)N1CCC(C(=O)NCCN2CCOCC2)CC1. The van der Waals surface area contributed by atoms with Crippen LogP contribution in [0.3, 0.4) is 0 Å². The van der Waals surface area contributed by atoms with Gasteiger partial charge < -0.3 is 14.6 Å². The number of hydrogen-bond acceptors (Lipinski definition) is 7. The molecule has 0 saturated carbocycles.